The third kappa shape index (κ3) is 4.48. The van der Waals surface area contributed by atoms with Crippen molar-refractivity contribution in [2.75, 3.05) is 0 Å². The molecule has 2 aromatic carbocycles. The van der Waals surface area contributed by atoms with Gasteiger partial charge in [-0.3, -0.25) is 4.79 Å². The van der Waals surface area contributed by atoms with Gasteiger partial charge >= 0.3 is 5.91 Å². The summed E-state index contributed by atoms with van der Waals surface area (Å²) in [5.74, 6) is 0.610. The zero-order chi connectivity index (χ0) is 17.8. The molecular formula is C19H17BrN2O3. The first-order valence-electron chi connectivity index (χ1n) is 7.80. The van der Waals surface area contributed by atoms with Crippen molar-refractivity contribution in [3.8, 4) is 5.75 Å². The van der Waals surface area contributed by atoms with Crippen LogP contribution in [0.15, 0.2) is 62.5 Å². The molecule has 0 atom stereocenters. The van der Waals surface area contributed by atoms with Crippen molar-refractivity contribution in [3.05, 3.63) is 64.3 Å². The molecule has 3 rings (SSSR count). The molecule has 0 spiro atoms. The summed E-state index contributed by atoms with van der Waals surface area (Å²) in [5.41, 5.74) is 3.97. The van der Waals surface area contributed by atoms with Gasteiger partial charge in [-0.25, -0.2) is 5.43 Å². The lowest BCUT2D eigenvalue weighted by Gasteiger charge is -2.08. The molecule has 0 aliphatic rings. The summed E-state index contributed by atoms with van der Waals surface area (Å²) < 4.78 is 12.0. The van der Waals surface area contributed by atoms with Crippen LogP contribution in [0.25, 0.3) is 11.0 Å². The molecule has 25 heavy (non-hydrogen) atoms. The fourth-order valence-electron chi connectivity index (χ4n) is 2.25. The highest BCUT2D eigenvalue weighted by molar-refractivity contribution is 9.10. The van der Waals surface area contributed by atoms with E-state index < -0.39 is 5.91 Å². The lowest BCUT2D eigenvalue weighted by atomic mass is 10.2. The number of fused-ring (bicyclic) bond motifs is 1. The quantitative estimate of drug-likeness (QED) is 0.496. The van der Waals surface area contributed by atoms with Crippen molar-refractivity contribution in [2.24, 2.45) is 5.10 Å². The van der Waals surface area contributed by atoms with Crippen molar-refractivity contribution in [1.29, 1.82) is 0 Å². The van der Waals surface area contributed by atoms with Crippen molar-refractivity contribution in [2.45, 2.75) is 20.0 Å². The van der Waals surface area contributed by atoms with Gasteiger partial charge in [0.15, 0.2) is 5.76 Å². The summed E-state index contributed by atoms with van der Waals surface area (Å²) in [6.45, 7) is 3.95. The zero-order valence-electron chi connectivity index (χ0n) is 13.8. The van der Waals surface area contributed by atoms with Crippen LogP contribution in [0.5, 0.6) is 5.75 Å². The van der Waals surface area contributed by atoms with Gasteiger partial charge in [0.05, 0.1) is 12.3 Å². The van der Waals surface area contributed by atoms with Crippen LogP contribution in [0.2, 0.25) is 0 Å². The van der Waals surface area contributed by atoms with Gasteiger partial charge in [-0.2, -0.15) is 5.10 Å². The number of carbonyl (C=O) groups is 1. The first kappa shape index (κ1) is 17.2. The Morgan fingerprint density at radius 1 is 1.20 bits per heavy atom. The molecule has 0 bridgehead atoms. The van der Waals surface area contributed by atoms with E-state index in [0.29, 0.717) is 5.58 Å². The van der Waals surface area contributed by atoms with Gasteiger partial charge in [-0.1, -0.05) is 15.9 Å². The number of hydrazone groups is 1. The van der Waals surface area contributed by atoms with Crippen LogP contribution in [0.4, 0.5) is 0 Å². The molecule has 128 valence electrons. The van der Waals surface area contributed by atoms with Crippen molar-refractivity contribution >= 4 is 39.0 Å². The summed E-state index contributed by atoms with van der Waals surface area (Å²) in [5, 5.41) is 4.81. The molecule has 0 radical (unpaired) electrons. The van der Waals surface area contributed by atoms with Gasteiger partial charge in [-0.05, 0) is 67.9 Å². The molecule has 3 aromatic rings. The van der Waals surface area contributed by atoms with Gasteiger partial charge in [0, 0.05) is 9.86 Å². The first-order valence-corrected chi connectivity index (χ1v) is 8.60. The maximum Gasteiger partial charge on any atom is 0.307 e. The third-order valence-corrected chi connectivity index (χ3v) is 3.83. The molecule has 1 heterocycles. The van der Waals surface area contributed by atoms with Crippen molar-refractivity contribution < 1.29 is 13.9 Å². The summed E-state index contributed by atoms with van der Waals surface area (Å²) in [4.78, 5) is 12.1. The Kier molecular flexibility index (Phi) is 5.19. The van der Waals surface area contributed by atoms with Gasteiger partial charge in [-0.15, -0.1) is 0 Å². The summed E-state index contributed by atoms with van der Waals surface area (Å²) in [7, 11) is 0. The number of carbonyl (C=O) groups excluding carboxylic acids is 1. The van der Waals surface area contributed by atoms with E-state index in [1.54, 1.807) is 18.3 Å². The number of nitrogens with zero attached hydrogens (tertiary/aromatic N) is 1. The Labute approximate surface area is 153 Å². The van der Waals surface area contributed by atoms with Gasteiger partial charge in [0.25, 0.3) is 0 Å². The summed E-state index contributed by atoms with van der Waals surface area (Å²) in [6.07, 6.45) is 1.69. The normalized spacial score (nSPS) is 11.4. The number of ether oxygens (including phenoxy) is 1. The number of nitrogens with one attached hydrogen (secondary N) is 1. The van der Waals surface area contributed by atoms with E-state index in [0.717, 1.165) is 21.2 Å². The maximum atomic E-state index is 12.1. The fraction of sp³-hybridized carbons (Fsp3) is 0.158. The number of halogens is 1. The second-order valence-corrected chi connectivity index (χ2v) is 6.64. The van der Waals surface area contributed by atoms with Crippen LogP contribution in [0.3, 0.4) is 0 Å². The van der Waals surface area contributed by atoms with Crippen LogP contribution in [0.1, 0.15) is 30.0 Å². The Morgan fingerprint density at radius 3 is 2.68 bits per heavy atom. The van der Waals surface area contributed by atoms with E-state index in [1.807, 2.05) is 50.2 Å². The lowest BCUT2D eigenvalue weighted by molar-refractivity contribution is 0.0929. The minimum atomic E-state index is -0.400. The Hall–Kier alpha value is -2.60. The van der Waals surface area contributed by atoms with Crippen molar-refractivity contribution in [1.82, 2.24) is 5.43 Å². The minimum Gasteiger partial charge on any atom is -0.491 e. The number of rotatable bonds is 5. The average molecular weight is 401 g/mol. The van der Waals surface area contributed by atoms with E-state index in [9.17, 15) is 4.79 Å². The van der Waals surface area contributed by atoms with E-state index >= 15 is 0 Å². The molecule has 0 saturated heterocycles. The van der Waals surface area contributed by atoms with Crippen molar-refractivity contribution in [3.63, 3.8) is 0 Å². The molecule has 5 nitrogen and oxygen atoms in total. The number of furan rings is 1. The molecule has 1 N–H and O–H groups in total. The van der Waals surface area contributed by atoms with Crippen LogP contribution in [-0.4, -0.2) is 18.2 Å². The highest BCUT2D eigenvalue weighted by Gasteiger charge is 2.11. The topological polar surface area (TPSA) is 63.8 Å². The number of amides is 1. The summed E-state index contributed by atoms with van der Waals surface area (Å²) >= 11 is 3.39. The molecule has 0 unspecified atom stereocenters. The van der Waals surface area contributed by atoms with Crippen LogP contribution < -0.4 is 10.2 Å². The van der Waals surface area contributed by atoms with Gasteiger partial charge in [0.1, 0.15) is 11.3 Å². The molecule has 0 fully saturated rings. The second kappa shape index (κ2) is 7.53. The largest absolute Gasteiger partial charge is 0.491 e. The highest BCUT2D eigenvalue weighted by atomic mass is 79.9. The van der Waals surface area contributed by atoms with Crippen LogP contribution in [0, 0.1) is 0 Å². The predicted octanol–water partition coefficient (Wildman–Crippen LogP) is 4.75. The van der Waals surface area contributed by atoms with Gasteiger partial charge in [0.2, 0.25) is 0 Å². The van der Waals surface area contributed by atoms with Gasteiger partial charge < -0.3 is 9.15 Å². The monoisotopic (exact) mass is 400 g/mol. The summed E-state index contributed by atoms with van der Waals surface area (Å²) in [6, 6.07) is 14.7. The molecule has 1 amide bonds. The second-order valence-electron chi connectivity index (χ2n) is 5.73. The fourth-order valence-corrected chi connectivity index (χ4v) is 2.63. The van der Waals surface area contributed by atoms with E-state index in [-0.39, 0.29) is 11.9 Å². The standard InChI is InChI=1S/C19H17BrN2O3/c1-12(2)24-16-6-3-13(4-7-16)11-21-22-19(23)18-10-14-9-15(20)5-8-17(14)25-18/h3-12H,1-2H3,(H,22,23)/b21-11-. The lowest BCUT2D eigenvalue weighted by Crippen LogP contribution is -2.16. The minimum absolute atomic E-state index is 0.128. The predicted molar refractivity (Wildman–Crippen MR) is 101 cm³/mol. The highest BCUT2D eigenvalue weighted by Crippen LogP contribution is 2.23. The van der Waals surface area contributed by atoms with E-state index in [4.69, 9.17) is 9.15 Å². The van der Waals surface area contributed by atoms with Crippen LogP contribution in [-0.2, 0) is 0 Å². The number of benzene rings is 2. The zero-order valence-corrected chi connectivity index (χ0v) is 15.4. The first-order chi connectivity index (χ1) is 12.0. The van der Waals surface area contributed by atoms with E-state index in [2.05, 4.69) is 26.5 Å². The average Bonchev–Trinajstić information content (AvgIpc) is 2.99. The molecular weight excluding hydrogens is 384 g/mol. The third-order valence-electron chi connectivity index (χ3n) is 3.33. The molecule has 0 aliphatic carbocycles. The smallest absolute Gasteiger partial charge is 0.307 e. The molecule has 1 aromatic heterocycles. The Balaban J connectivity index is 1.63. The van der Waals surface area contributed by atoms with Crippen LogP contribution >= 0.6 is 15.9 Å². The number of hydrogen-bond acceptors (Lipinski definition) is 4. The Morgan fingerprint density at radius 2 is 1.96 bits per heavy atom. The number of hydrogen-bond donors (Lipinski definition) is 1. The molecule has 0 aliphatic heterocycles. The molecule has 0 saturated carbocycles. The maximum absolute atomic E-state index is 12.1. The van der Waals surface area contributed by atoms with E-state index in [1.165, 1.54) is 0 Å². The SMILES string of the molecule is CC(C)Oc1ccc(/C=N\NC(=O)c2cc3cc(Br)ccc3o2)cc1. The Bertz CT molecular complexity index is 914. The molecule has 6 heteroatoms.